The molecule has 3 aliphatic rings. The zero-order valence-electron chi connectivity index (χ0n) is 25.6. The zero-order chi connectivity index (χ0) is 29.3. The van der Waals surface area contributed by atoms with Crippen molar-refractivity contribution in [2.45, 2.75) is 73.0 Å². The first-order chi connectivity index (χ1) is 19.6. The van der Waals surface area contributed by atoms with Gasteiger partial charge in [-0.05, 0) is 96.2 Å². The number of hydrogen-bond donors (Lipinski definition) is 1. The Morgan fingerprint density at radius 2 is 1.76 bits per heavy atom. The van der Waals surface area contributed by atoms with Gasteiger partial charge in [-0.25, -0.2) is 0 Å². The SMILES string of the molecule is CC/N=c1/cc2oc3cc(NCC)c(C)cc3c(-c3ccccc3C(=O)N3CCC(OC(C)(C)C)CC3)c-2cc1C. The number of amides is 1. The summed E-state index contributed by atoms with van der Waals surface area (Å²) in [6, 6.07) is 16.5. The summed E-state index contributed by atoms with van der Waals surface area (Å²) in [6.07, 6.45) is 1.87. The molecule has 1 amide bonds. The van der Waals surface area contributed by atoms with Gasteiger partial charge in [0.15, 0.2) is 0 Å². The number of carbonyl (C=O) groups excluding carboxylic acids is 1. The molecule has 5 rings (SSSR count). The molecule has 0 atom stereocenters. The molecule has 0 aromatic heterocycles. The summed E-state index contributed by atoms with van der Waals surface area (Å²) < 4.78 is 12.8. The number of piperidine rings is 1. The minimum Gasteiger partial charge on any atom is -0.456 e. The molecule has 0 bridgehead atoms. The summed E-state index contributed by atoms with van der Waals surface area (Å²) in [5, 5.41) is 5.38. The molecule has 0 radical (unpaired) electrons. The van der Waals surface area contributed by atoms with Crippen LogP contribution in [-0.2, 0) is 4.74 Å². The molecular formula is C35H43N3O3. The Kier molecular flexibility index (Phi) is 8.23. The van der Waals surface area contributed by atoms with Crippen molar-refractivity contribution in [3.05, 3.63) is 70.6 Å². The van der Waals surface area contributed by atoms with E-state index in [1.807, 2.05) is 36.1 Å². The number of rotatable bonds is 6. The smallest absolute Gasteiger partial charge is 0.254 e. The van der Waals surface area contributed by atoms with Gasteiger partial charge in [0.25, 0.3) is 5.91 Å². The molecule has 0 saturated carbocycles. The number of aryl methyl sites for hydroxylation is 2. The summed E-state index contributed by atoms with van der Waals surface area (Å²) in [4.78, 5) is 20.8. The molecule has 6 heteroatoms. The fourth-order valence-electron chi connectivity index (χ4n) is 5.94. The third kappa shape index (κ3) is 6.03. The highest BCUT2D eigenvalue weighted by Gasteiger charge is 2.29. The van der Waals surface area contributed by atoms with Gasteiger partial charge in [0.05, 0.1) is 17.1 Å². The van der Waals surface area contributed by atoms with Gasteiger partial charge in [-0.3, -0.25) is 9.79 Å². The molecule has 41 heavy (non-hydrogen) atoms. The number of carbonyl (C=O) groups is 1. The summed E-state index contributed by atoms with van der Waals surface area (Å²) in [7, 11) is 0. The van der Waals surface area contributed by atoms with Crippen molar-refractivity contribution in [3.63, 3.8) is 0 Å². The van der Waals surface area contributed by atoms with E-state index in [1.165, 1.54) is 0 Å². The minimum atomic E-state index is -0.184. The van der Waals surface area contributed by atoms with E-state index in [4.69, 9.17) is 14.1 Å². The Hall–Kier alpha value is -3.64. The normalized spacial score (nSPS) is 15.2. The molecule has 6 nitrogen and oxygen atoms in total. The number of fused-ring (bicyclic) bond motifs is 2. The van der Waals surface area contributed by atoms with E-state index in [0.717, 1.165) is 75.0 Å². The van der Waals surface area contributed by atoms with Crippen LogP contribution in [0.3, 0.4) is 0 Å². The molecule has 1 N–H and O–H groups in total. The molecule has 216 valence electrons. The van der Waals surface area contributed by atoms with E-state index in [9.17, 15) is 4.79 Å². The Bertz CT molecular complexity index is 1600. The average Bonchev–Trinajstić information content (AvgIpc) is 2.93. The van der Waals surface area contributed by atoms with Gasteiger partial charge >= 0.3 is 0 Å². The predicted molar refractivity (Wildman–Crippen MR) is 168 cm³/mol. The van der Waals surface area contributed by atoms with Gasteiger partial charge in [-0.15, -0.1) is 0 Å². The number of likely N-dealkylation sites (tertiary alicyclic amines) is 1. The van der Waals surface area contributed by atoms with Crippen LogP contribution in [0.15, 0.2) is 57.9 Å². The van der Waals surface area contributed by atoms with Crippen molar-refractivity contribution < 1.29 is 13.9 Å². The van der Waals surface area contributed by atoms with Crippen LogP contribution >= 0.6 is 0 Å². The lowest BCUT2D eigenvalue weighted by Crippen LogP contribution is -2.42. The third-order valence-corrected chi connectivity index (χ3v) is 7.76. The standard InChI is InChI=1S/C35H43N3O3/c1-8-36-29-20-31-27(18-22(29)3)33(28-19-23(4)30(37-9-2)21-32(28)40-31)25-12-10-11-13-26(25)34(39)38-16-14-24(15-17-38)41-35(5,6)7/h10-13,18-21,24,36H,8-9,14-17H2,1-7H3/b37-30-. The number of hydrogen-bond acceptors (Lipinski definition) is 5. The second kappa shape index (κ2) is 11.7. The van der Waals surface area contributed by atoms with Gasteiger partial charge in [-0.1, -0.05) is 18.2 Å². The van der Waals surface area contributed by atoms with Crippen LogP contribution < -0.4 is 10.7 Å². The zero-order valence-corrected chi connectivity index (χ0v) is 25.6. The highest BCUT2D eigenvalue weighted by molar-refractivity contribution is 6.09. The van der Waals surface area contributed by atoms with E-state index in [-0.39, 0.29) is 17.6 Å². The second-order valence-corrected chi connectivity index (χ2v) is 12.0. The third-order valence-electron chi connectivity index (χ3n) is 7.76. The lowest BCUT2D eigenvalue weighted by atomic mass is 9.88. The monoisotopic (exact) mass is 553 g/mol. The predicted octanol–water partition coefficient (Wildman–Crippen LogP) is 7.59. The van der Waals surface area contributed by atoms with Crippen LogP contribution in [0.2, 0.25) is 0 Å². The summed E-state index contributed by atoms with van der Waals surface area (Å²) >= 11 is 0. The molecule has 1 saturated heterocycles. The highest BCUT2D eigenvalue weighted by atomic mass is 16.5. The summed E-state index contributed by atoms with van der Waals surface area (Å²) in [6.45, 7) is 17.5. The number of nitrogens with one attached hydrogen (secondary N) is 1. The quantitative estimate of drug-likeness (QED) is 0.250. The highest BCUT2D eigenvalue weighted by Crippen LogP contribution is 2.43. The fraction of sp³-hybridized carbons (Fsp3) is 0.429. The Morgan fingerprint density at radius 1 is 1.02 bits per heavy atom. The maximum atomic E-state index is 14.1. The number of ether oxygens (including phenoxy) is 1. The first-order valence-electron chi connectivity index (χ1n) is 14.9. The largest absolute Gasteiger partial charge is 0.456 e. The van der Waals surface area contributed by atoms with Gasteiger partial charge < -0.3 is 19.4 Å². The lowest BCUT2D eigenvalue weighted by Gasteiger charge is -2.35. The van der Waals surface area contributed by atoms with Crippen molar-refractivity contribution >= 4 is 22.6 Å². The minimum absolute atomic E-state index is 0.0622. The Morgan fingerprint density at radius 3 is 2.44 bits per heavy atom. The van der Waals surface area contributed by atoms with E-state index >= 15 is 0 Å². The van der Waals surface area contributed by atoms with Crippen LogP contribution in [-0.4, -0.2) is 48.7 Å². The molecule has 1 fully saturated rings. The van der Waals surface area contributed by atoms with E-state index in [1.54, 1.807) is 0 Å². The van der Waals surface area contributed by atoms with Crippen molar-refractivity contribution in [3.8, 4) is 22.5 Å². The Balaban J connectivity index is 1.66. The first-order valence-corrected chi connectivity index (χ1v) is 14.9. The Labute approximate surface area is 243 Å². The van der Waals surface area contributed by atoms with Gasteiger partial charge in [-0.2, -0.15) is 0 Å². The molecule has 1 aliphatic carbocycles. The average molecular weight is 554 g/mol. The van der Waals surface area contributed by atoms with Gasteiger partial charge in [0, 0.05) is 66.1 Å². The molecule has 2 aromatic carbocycles. The number of benzene rings is 3. The summed E-state index contributed by atoms with van der Waals surface area (Å²) in [5.74, 6) is 0.825. The van der Waals surface area contributed by atoms with Crippen LogP contribution in [0, 0.1) is 13.8 Å². The number of anilines is 1. The first kappa shape index (κ1) is 28.9. The summed E-state index contributed by atoms with van der Waals surface area (Å²) in [5.41, 5.74) is 7.50. The molecular weight excluding hydrogens is 510 g/mol. The molecule has 0 unspecified atom stereocenters. The second-order valence-electron chi connectivity index (χ2n) is 12.0. The maximum Gasteiger partial charge on any atom is 0.254 e. The van der Waals surface area contributed by atoms with E-state index in [0.29, 0.717) is 25.2 Å². The molecule has 0 spiro atoms. The van der Waals surface area contributed by atoms with E-state index < -0.39 is 0 Å². The van der Waals surface area contributed by atoms with Crippen LogP contribution in [0.25, 0.3) is 33.4 Å². The maximum absolute atomic E-state index is 14.1. The topological polar surface area (TPSA) is 67.1 Å². The molecule has 2 aromatic rings. The van der Waals surface area contributed by atoms with Crippen LogP contribution in [0.5, 0.6) is 0 Å². The van der Waals surface area contributed by atoms with Gasteiger partial charge in [0.2, 0.25) is 0 Å². The van der Waals surface area contributed by atoms with Crippen LogP contribution in [0.1, 0.15) is 68.9 Å². The molecule has 2 heterocycles. The fourth-order valence-corrected chi connectivity index (χ4v) is 5.94. The number of nitrogens with zero attached hydrogens (tertiary/aromatic N) is 2. The van der Waals surface area contributed by atoms with Crippen molar-refractivity contribution in [2.75, 3.05) is 31.5 Å². The van der Waals surface area contributed by atoms with Crippen molar-refractivity contribution in [1.82, 2.24) is 4.90 Å². The van der Waals surface area contributed by atoms with Crippen LogP contribution in [0.4, 0.5) is 5.69 Å². The lowest BCUT2D eigenvalue weighted by molar-refractivity contribution is -0.0791. The van der Waals surface area contributed by atoms with Crippen molar-refractivity contribution in [2.24, 2.45) is 4.99 Å². The van der Waals surface area contributed by atoms with Crippen molar-refractivity contribution in [1.29, 1.82) is 0 Å². The molecule has 2 aliphatic heterocycles. The van der Waals surface area contributed by atoms with E-state index in [2.05, 4.69) is 71.1 Å². The van der Waals surface area contributed by atoms with Gasteiger partial charge in [0.1, 0.15) is 11.3 Å².